The first-order chi connectivity index (χ1) is 9.51. The number of carbonyl (C=O) groups excluding carboxylic acids is 2. The van der Waals surface area contributed by atoms with Crippen molar-refractivity contribution < 1.29 is 24.2 Å². The molecule has 1 aliphatic rings. The van der Waals surface area contributed by atoms with Gasteiger partial charge in [0.2, 0.25) is 0 Å². The number of anilines is 1. The average Bonchev–Trinajstić information content (AvgIpc) is 2.43. The van der Waals surface area contributed by atoms with Crippen molar-refractivity contribution in [2.75, 3.05) is 25.0 Å². The van der Waals surface area contributed by atoms with Gasteiger partial charge in [-0.2, -0.15) is 0 Å². The molecule has 0 radical (unpaired) electrons. The molecule has 2 N–H and O–H groups in total. The Labute approximate surface area is 115 Å². The number of carboxylic acid groups (broad SMARTS) is 1. The molecule has 0 spiro atoms. The Bertz CT molecular complexity index is 570. The standard InChI is InChI=1S/C13H14N2O5/c1-2-15(6-12(17)18)13(19)8-3-4-10-9(5-8)14-11(16)7-20-10/h3-5H,2,6-7H2,1H3,(H,14,16)(H,17,18). The van der Waals surface area contributed by atoms with Crippen molar-refractivity contribution in [3.05, 3.63) is 23.8 Å². The number of nitrogens with one attached hydrogen (secondary N) is 1. The van der Waals surface area contributed by atoms with E-state index in [9.17, 15) is 14.4 Å². The van der Waals surface area contributed by atoms with Gasteiger partial charge in [-0.3, -0.25) is 14.4 Å². The van der Waals surface area contributed by atoms with Gasteiger partial charge in [0, 0.05) is 12.1 Å². The lowest BCUT2D eigenvalue weighted by Gasteiger charge is -2.21. The lowest BCUT2D eigenvalue weighted by atomic mass is 10.1. The van der Waals surface area contributed by atoms with Gasteiger partial charge in [-0.25, -0.2) is 0 Å². The van der Waals surface area contributed by atoms with Crippen molar-refractivity contribution in [1.29, 1.82) is 0 Å². The molecule has 0 saturated heterocycles. The van der Waals surface area contributed by atoms with E-state index in [4.69, 9.17) is 9.84 Å². The molecule has 1 aromatic carbocycles. The fourth-order valence-corrected chi connectivity index (χ4v) is 1.89. The topological polar surface area (TPSA) is 95.9 Å². The molecule has 2 amide bonds. The second kappa shape index (κ2) is 5.60. The molecule has 0 atom stereocenters. The van der Waals surface area contributed by atoms with Gasteiger partial charge in [0.05, 0.1) is 5.69 Å². The Balaban J connectivity index is 2.24. The van der Waals surface area contributed by atoms with E-state index < -0.39 is 11.9 Å². The van der Waals surface area contributed by atoms with Crippen LogP contribution in [0.25, 0.3) is 0 Å². The van der Waals surface area contributed by atoms with Crippen LogP contribution in [-0.4, -0.2) is 47.5 Å². The van der Waals surface area contributed by atoms with Crippen molar-refractivity contribution in [2.45, 2.75) is 6.92 Å². The number of rotatable bonds is 4. The summed E-state index contributed by atoms with van der Waals surface area (Å²) in [5, 5.41) is 11.4. The van der Waals surface area contributed by atoms with Gasteiger partial charge >= 0.3 is 5.97 Å². The van der Waals surface area contributed by atoms with Gasteiger partial charge in [-0.05, 0) is 25.1 Å². The molecule has 2 rings (SSSR count). The number of carbonyl (C=O) groups is 3. The highest BCUT2D eigenvalue weighted by Crippen LogP contribution is 2.28. The molecule has 0 saturated carbocycles. The maximum atomic E-state index is 12.2. The highest BCUT2D eigenvalue weighted by Gasteiger charge is 2.21. The number of hydrogen-bond acceptors (Lipinski definition) is 4. The van der Waals surface area contributed by atoms with Gasteiger partial charge in [0.1, 0.15) is 12.3 Å². The summed E-state index contributed by atoms with van der Waals surface area (Å²) in [6.45, 7) is 1.56. The SMILES string of the molecule is CCN(CC(=O)O)C(=O)c1ccc2c(c1)NC(=O)CO2. The normalized spacial score (nSPS) is 12.9. The summed E-state index contributed by atoms with van der Waals surface area (Å²) >= 11 is 0. The van der Waals surface area contributed by atoms with Crippen LogP contribution >= 0.6 is 0 Å². The fourth-order valence-electron chi connectivity index (χ4n) is 1.89. The van der Waals surface area contributed by atoms with Gasteiger partial charge in [0.15, 0.2) is 6.61 Å². The predicted molar refractivity (Wildman–Crippen MR) is 69.8 cm³/mol. The third-order valence-electron chi connectivity index (χ3n) is 2.85. The summed E-state index contributed by atoms with van der Waals surface area (Å²) in [6.07, 6.45) is 0. The minimum absolute atomic E-state index is 0.0552. The van der Waals surface area contributed by atoms with Gasteiger partial charge in [-0.15, -0.1) is 0 Å². The van der Waals surface area contributed by atoms with Crippen LogP contribution in [0, 0.1) is 0 Å². The summed E-state index contributed by atoms with van der Waals surface area (Å²) in [5.74, 6) is -1.28. The maximum absolute atomic E-state index is 12.2. The summed E-state index contributed by atoms with van der Waals surface area (Å²) in [7, 11) is 0. The largest absolute Gasteiger partial charge is 0.482 e. The minimum atomic E-state index is -1.07. The predicted octanol–water partition coefficient (Wildman–Crippen LogP) is 0.564. The number of likely N-dealkylation sites (N-methyl/N-ethyl adjacent to an activating group) is 1. The number of carboxylic acids is 1. The number of amides is 2. The summed E-state index contributed by atoms with van der Waals surface area (Å²) < 4.78 is 5.19. The quantitative estimate of drug-likeness (QED) is 0.839. The monoisotopic (exact) mass is 278 g/mol. The number of fused-ring (bicyclic) bond motifs is 1. The Morgan fingerprint density at radius 2 is 2.20 bits per heavy atom. The number of nitrogens with zero attached hydrogens (tertiary/aromatic N) is 1. The third kappa shape index (κ3) is 2.87. The number of hydrogen-bond donors (Lipinski definition) is 2. The molecule has 1 aromatic rings. The van der Waals surface area contributed by atoms with Crippen molar-refractivity contribution in [2.24, 2.45) is 0 Å². The first-order valence-electron chi connectivity index (χ1n) is 6.09. The van der Waals surface area contributed by atoms with Crippen LogP contribution in [0.5, 0.6) is 5.75 Å². The van der Waals surface area contributed by atoms with Crippen molar-refractivity contribution in [3.63, 3.8) is 0 Å². The van der Waals surface area contributed by atoms with E-state index in [2.05, 4.69) is 5.32 Å². The highest BCUT2D eigenvalue weighted by atomic mass is 16.5. The second-order valence-electron chi connectivity index (χ2n) is 4.26. The Morgan fingerprint density at radius 1 is 1.45 bits per heavy atom. The van der Waals surface area contributed by atoms with Crippen LogP contribution in [0.1, 0.15) is 17.3 Å². The van der Waals surface area contributed by atoms with Crippen LogP contribution in [0.15, 0.2) is 18.2 Å². The molecular formula is C13H14N2O5. The molecule has 0 fully saturated rings. The molecule has 7 heteroatoms. The zero-order valence-corrected chi connectivity index (χ0v) is 10.9. The van der Waals surface area contributed by atoms with E-state index >= 15 is 0 Å². The maximum Gasteiger partial charge on any atom is 0.323 e. The summed E-state index contributed by atoms with van der Waals surface area (Å²) in [4.78, 5) is 35.3. The van der Waals surface area contributed by atoms with Gasteiger partial charge in [0.25, 0.3) is 11.8 Å². The molecule has 1 aliphatic heterocycles. The molecule has 106 valence electrons. The van der Waals surface area contributed by atoms with E-state index in [1.165, 1.54) is 11.0 Å². The molecule has 0 bridgehead atoms. The highest BCUT2D eigenvalue weighted by molar-refractivity contribution is 6.00. The molecular weight excluding hydrogens is 264 g/mol. The summed E-state index contributed by atoms with van der Waals surface area (Å²) in [5.41, 5.74) is 0.719. The van der Waals surface area contributed by atoms with Gasteiger partial charge in [-0.1, -0.05) is 0 Å². The molecule has 0 unspecified atom stereocenters. The van der Waals surface area contributed by atoms with E-state index in [0.717, 1.165) is 0 Å². The average molecular weight is 278 g/mol. The van der Waals surface area contributed by atoms with Crippen LogP contribution < -0.4 is 10.1 Å². The third-order valence-corrected chi connectivity index (χ3v) is 2.85. The van der Waals surface area contributed by atoms with Crippen LogP contribution in [0.3, 0.4) is 0 Å². The van der Waals surface area contributed by atoms with Crippen molar-refractivity contribution in [3.8, 4) is 5.75 Å². The Morgan fingerprint density at radius 3 is 2.85 bits per heavy atom. The van der Waals surface area contributed by atoms with Crippen molar-refractivity contribution in [1.82, 2.24) is 4.90 Å². The smallest absolute Gasteiger partial charge is 0.323 e. The summed E-state index contributed by atoms with van der Waals surface area (Å²) in [6, 6.07) is 4.61. The first-order valence-corrected chi connectivity index (χ1v) is 6.09. The zero-order chi connectivity index (χ0) is 14.7. The molecule has 20 heavy (non-hydrogen) atoms. The lowest BCUT2D eigenvalue weighted by Crippen LogP contribution is -2.35. The first kappa shape index (κ1) is 13.9. The number of benzene rings is 1. The minimum Gasteiger partial charge on any atom is -0.482 e. The molecule has 7 nitrogen and oxygen atoms in total. The van der Waals surface area contributed by atoms with Crippen LogP contribution in [0.2, 0.25) is 0 Å². The molecule has 0 aromatic heterocycles. The van der Waals surface area contributed by atoms with Crippen LogP contribution in [-0.2, 0) is 9.59 Å². The van der Waals surface area contributed by atoms with Gasteiger partial charge < -0.3 is 20.1 Å². The Kier molecular flexibility index (Phi) is 3.88. The molecule has 0 aliphatic carbocycles. The number of aliphatic carboxylic acids is 1. The van der Waals surface area contributed by atoms with Crippen molar-refractivity contribution >= 4 is 23.5 Å². The van der Waals surface area contributed by atoms with E-state index in [0.29, 0.717) is 17.0 Å². The van der Waals surface area contributed by atoms with E-state index in [1.807, 2.05) is 0 Å². The van der Waals surface area contributed by atoms with Crippen LogP contribution in [0.4, 0.5) is 5.69 Å². The molecule has 1 heterocycles. The Hall–Kier alpha value is -2.57. The fraction of sp³-hybridized carbons (Fsp3) is 0.308. The number of ether oxygens (including phenoxy) is 1. The lowest BCUT2D eigenvalue weighted by molar-refractivity contribution is -0.137. The van der Waals surface area contributed by atoms with E-state index in [1.54, 1.807) is 19.1 Å². The second-order valence-corrected chi connectivity index (χ2v) is 4.26. The zero-order valence-electron chi connectivity index (χ0n) is 10.9. The van der Waals surface area contributed by atoms with E-state index in [-0.39, 0.29) is 25.6 Å².